The molecule has 2 aromatic rings. The van der Waals surface area contributed by atoms with Gasteiger partial charge >= 0.3 is 6.03 Å². The van der Waals surface area contributed by atoms with E-state index < -0.39 is 0 Å². The zero-order valence-electron chi connectivity index (χ0n) is 13.9. The predicted octanol–water partition coefficient (Wildman–Crippen LogP) is 3.69. The van der Waals surface area contributed by atoms with Gasteiger partial charge in [0.25, 0.3) is 0 Å². The monoisotopic (exact) mass is 322 g/mol. The molecule has 124 valence electrons. The summed E-state index contributed by atoms with van der Waals surface area (Å²) < 4.78 is 5.13. The number of urea groups is 1. The molecule has 0 spiro atoms. The summed E-state index contributed by atoms with van der Waals surface area (Å²) in [4.78, 5) is 14.1. The molecule has 0 aliphatic carbocycles. The number of benzene rings is 2. The number of hydrogen-bond donors (Lipinski definition) is 1. The highest BCUT2D eigenvalue weighted by Gasteiger charge is 2.17. The summed E-state index contributed by atoms with van der Waals surface area (Å²) in [6.45, 7) is 1.92. The Morgan fingerprint density at radius 2 is 1.88 bits per heavy atom. The summed E-state index contributed by atoms with van der Waals surface area (Å²) in [5.41, 5.74) is 3.62. The fraction of sp³-hybridized carbons (Fsp3) is 0.250. The number of ether oxygens (including phenoxy) is 1. The summed E-state index contributed by atoms with van der Waals surface area (Å²) >= 11 is 0. The van der Waals surface area contributed by atoms with Gasteiger partial charge in [-0.25, -0.2) is 4.79 Å². The highest BCUT2D eigenvalue weighted by molar-refractivity contribution is 5.76. The Morgan fingerprint density at radius 3 is 2.50 bits per heavy atom. The lowest BCUT2D eigenvalue weighted by Crippen LogP contribution is -2.41. The molecule has 4 heteroatoms. The number of methoxy groups -OCH3 is 1. The van der Waals surface area contributed by atoms with Crippen LogP contribution in [0, 0.1) is 0 Å². The van der Waals surface area contributed by atoms with Gasteiger partial charge in [-0.1, -0.05) is 48.5 Å². The van der Waals surface area contributed by atoms with Crippen LogP contribution in [0.3, 0.4) is 0 Å². The van der Waals surface area contributed by atoms with Gasteiger partial charge in [-0.3, -0.25) is 0 Å². The quantitative estimate of drug-likeness (QED) is 0.932. The molecular formula is C20H22N2O2. The van der Waals surface area contributed by atoms with E-state index in [0.717, 1.165) is 24.3 Å². The second-order valence-corrected chi connectivity index (χ2v) is 5.80. The molecule has 4 nitrogen and oxygen atoms in total. The molecule has 0 saturated carbocycles. The van der Waals surface area contributed by atoms with Crippen molar-refractivity contribution in [2.75, 3.05) is 20.2 Å². The molecule has 3 rings (SSSR count). The van der Waals surface area contributed by atoms with Crippen LogP contribution in [-0.4, -0.2) is 31.1 Å². The normalized spacial score (nSPS) is 14.0. The number of nitrogens with zero attached hydrogens (tertiary/aromatic N) is 1. The maximum atomic E-state index is 12.3. The summed E-state index contributed by atoms with van der Waals surface area (Å²) in [5.74, 6) is 0.819. The molecule has 2 amide bonds. The molecule has 1 N–H and O–H groups in total. The van der Waals surface area contributed by atoms with E-state index in [9.17, 15) is 4.79 Å². The van der Waals surface area contributed by atoms with Crippen LogP contribution in [0.1, 0.15) is 17.5 Å². The van der Waals surface area contributed by atoms with Gasteiger partial charge in [0.15, 0.2) is 0 Å². The lowest BCUT2D eigenvalue weighted by molar-refractivity contribution is 0.202. The van der Waals surface area contributed by atoms with Gasteiger partial charge in [0, 0.05) is 19.6 Å². The molecule has 1 aliphatic rings. The molecule has 1 heterocycles. The Bertz CT molecular complexity index is 708. The first-order chi connectivity index (χ1) is 11.8. The average Bonchev–Trinajstić information content (AvgIpc) is 2.67. The molecule has 0 radical (unpaired) electrons. The zero-order valence-corrected chi connectivity index (χ0v) is 13.9. The van der Waals surface area contributed by atoms with Crippen LogP contribution < -0.4 is 10.1 Å². The minimum absolute atomic E-state index is 0.0193. The molecule has 0 aromatic heterocycles. The van der Waals surface area contributed by atoms with E-state index in [4.69, 9.17) is 4.74 Å². The fourth-order valence-electron chi connectivity index (χ4n) is 2.80. The highest BCUT2D eigenvalue weighted by atomic mass is 16.5. The van der Waals surface area contributed by atoms with Crippen molar-refractivity contribution in [2.24, 2.45) is 0 Å². The molecule has 2 aromatic carbocycles. The van der Waals surface area contributed by atoms with Crippen LogP contribution >= 0.6 is 0 Å². The van der Waals surface area contributed by atoms with Crippen molar-refractivity contribution >= 4 is 11.6 Å². The first-order valence-corrected chi connectivity index (χ1v) is 8.16. The van der Waals surface area contributed by atoms with Crippen molar-refractivity contribution in [3.63, 3.8) is 0 Å². The van der Waals surface area contributed by atoms with E-state index in [1.54, 1.807) is 7.11 Å². The summed E-state index contributed by atoms with van der Waals surface area (Å²) in [5, 5.41) is 2.98. The maximum absolute atomic E-state index is 12.3. The van der Waals surface area contributed by atoms with Crippen LogP contribution in [-0.2, 0) is 6.54 Å². The second-order valence-electron chi connectivity index (χ2n) is 5.80. The lowest BCUT2D eigenvalue weighted by atomic mass is 10.00. The maximum Gasteiger partial charge on any atom is 0.317 e. The third kappa shape index (κ3) is 3.96. The van der Waals surface area contributed by atoms with E-state index in [1.165, 1.54) is 11.1 Å². The van der Waals surface area contributed by atoms with Crippen molar-refractivity contribution in [3.05, 3.63) is 71.8 Å². The van der Waals surface area contributed by atoms with Gasteiger partial charge in [-0.15, -0.1) is 0 Å². The van der Waals surface area contributed by atoms with E-state index >= 15 is 0 Å². The van der Waals surface area contributed by atoms with Gasteiger partial charge in [0.1, 0.15) is 5.75 Å². The zero-order chi connectivity index (χ0) is 16.8. The number of rotatable bonds is 4. The van der Waals surface area contributed by atoms with Crippen molar-refractivity contribution in [1.29, 1.82) is 0 Å². The Balaban J connectivity index is 1.52. The molecule has 0 atom stereocenters. The van der Waals surface area contributed by atoms with E-state index in [2.05, 4.69) is 23.5 Å². The smallest absolute Gasteiger partial charge is 0.317 e. The van der Waals surface area contributed by atoms with Crippen LogP contribution in [0.25, 0.3) is 5.57 Å². The first-order valence-electron chi connectivity index (χ1n) is 8.16. The van der Waals surface area contributed by atoms with Crippen molar-refractivity contribution in [2.45, 2.75) is 13.0 Å². The van der Waals surface area contributed by atoms with Gasteiger partial charge < -0.3 is 15.0 Å². The molecule has 0 fully saturated rings. The van der Waals surface area contributed by atoms with E-state index in [0.29, 0.717) is 13.1 Å². The number of carbonyl (C=O) groups excluding carboxylic acids is 1. The van der Waals surface area contributed by atoms with Gasteiger partial charge in [0.2, 0.25) is 0 Å². The second kappa shape index (κ2) is 7.68. The van der Waals surface area contributed by atoms with Crippen LogP contribution in [0.5, 0.6) is 5.75 Å². The first kappa shape index (κ1) is 16.1. The van der Waals surface area contributed by atoms with Crippen LogP contribution in [0.2, 0.25) is 0 Å². The largest absolute Gasteiger partial charge is 0.497 e. The van der Waals surface area contributed by atoms with Crippen molar-refractivity contribution < 1.29 is 9.53 Å². The van der Waals surface area contributed by atoms with Gasteiger partial charge in [0.05, 0.1) is 7.11 Å². The third-order valence-electron chi connectivity index (χ3n) is 4.24. The van der Waals surface area contributed by atoms with Crippen molar-refractivity contribution in [1.82, 2.24) is 10.2 Å². The summed E-state index contributed by atoms with van der Waals surface area (Å²) in [6.07, 6.45) is 3.03. The number of carbonyl (C=O) groups is 1. The number of amides is 2. The van der Waals surface area contributed by atoms with E-state index in [-0.39, 0.29) is 6.03 Å². The SMILES string of the molecule is COc1ccc(CNC(=O)N2CC=C(c3ccccc3)CC2)cc1. The molecule has 1 aliphatic heterocycles. The third-order valence-corrected chi connectivity index (χ3v) is 4.24. The summed E-state index contributed by atoms with van der Waals surface area (Å²) in [7, 11) is 1.64. The highest BCUT2D eigenvalue weighted by Crippen LogP contribution is 2.22. The lowest BCUT2D eigenvalue weighted by Gasteiger charge is -2.27. The standard InChI is InChI=1S/C20H22N2O2/c1-24-19-9-7-16(8-10-19)15-21-20(23)22-13-11-18(12-14-22)17-5-3-2-4-6-17/h2-11H,12-15H2,1H3,(H,21,23). The minimum Gasteiger partial charge on any atom is -0.497 e. The Morgan fingerprint density at radius 1 is 1.12 bits per heavy atom. The molecular weight excluding hydrogens is 300 g/mol. The van der Waals surface area contributed by atoms with Crippen LogP contribution in [0.15, 0.2) is 60.7 Å². The van der Waals surface area contributed by atoms with Crippen molar-refractivity contribution in [3.8, 4) is 5.75 Å². The topological polar surface area (TPSA) is 41.6 Å². The molecule has 0 saturated heterocycles. The number of nitrogens with one attached hydrogen (secondary N) is 1. The fourth-order valence-corrected chi connectivity index (χ4v) is 2.80. The predicted molar refractivity (Wildman–Crippen MR) is 95.8 cm³/mol. The number of hydrogen-bond acceptors (Lipinski definition) is 2. The molecule has 0 unspecified atom stereocenters. The molecule has 0 bridgehead atoms. The average molecular weight is 322 g/mol. The Hall–Kier alpha value is -2.75. The summed E-state index contributed by atoms with van der Waals surface area (Å²) in [6, 6.07) is 18.0. The van der Waals surface area contributed by atoms with Gasteiger partial charge in [-0.05, 0) is 35.3 Å². The molecule has 24 heavy (non-hydrogen) atoms. The Kier molecular flexibility index (Phi) is 5.16. The Labute approximate surface area is 142 Å². The van der Waals surface area contributed by atoms with Gasteiger partial charge in [-0.2, -0.15) is 0 Å². The van der Waals surface area contributed by atoms with Crippen LogP contribution in [0.4, 0.5) is 4.79 Å². The van der Waals surface area contributed by atoms with E-state index in [1.807, 2.05) is 47.4 Å². The minimum atomic E-state index is -0.0193.